The number of hydrogen-bond donors (Lipinski definition) is 0. The van der Waals surface area contributed by atoms with Crippen molar-refractivity contribution in [3.8, 4) is 0 Å². The molecule has 2 fully saturated rings. The van der Waals surface area contributed by atoms with E-state index in [0.717, 1.165) is 31.7 Å². The zero-order chi connectivity index (χ0) is 20.3. The third kappa shape index (κ3) is 4.92. The first-order chi connectivity index (χ1) is 13.3. The molecule has 2 aliphatic rings. The molecular formula is C20H32N4O3S. The van der Waals surface area contributed by atoms with E-state index in [1.165, 1.54) is 4.31 Å². The lowest BCUT2D eigenvalue weighted by Crippen LogP contribution is -2.54. The van der Waals surface area contributed by atoms with Gasteiger partial charge in [0, 0.05) is 52.4 Å². The van der Waals surface area contributed by atoms with Crippen molar-refractivity contribution in [2.24, 2.45) is 0 Å². The number of amides is 1. The smallest absolute Gasteiger partial charge is 0.243 e. The predicted molar refractivity (Wildman–Crippen MR) is 110 cm³/mol. The van der Waals surface area contributed by atoms with Crippen molar-refractivity contribution in [1.82, 2.24) is 19.0 Å². The third-order valence-electron chi connectivity index (χ3n) is 5.73. The summed E-state index contributed by atoms with van der Waals surface area (Å²) in [4.78, 5) is 19.1. The van der Waals surface area contributed by atoms with Gasteiger partial charge in [-0.1, -0.05) is 26.0 Å². The highest BCUT2D eigenvalue weighted by Crippen LogP contribution is 2.21. The van der Waals surface area contributed by atoms with Gasteiger partial charge in [0.15, 0.2) is 0 Å². The van der Waals surface area contributed by atoms with Gasteiger partial charge in [0.25, 0.3) is 0 Å². The lowest BCUT2D eigenvalue weighted by molar-refractivity contribution is -0.134. The molecular weight excluding hydrogens is 376 g/mol. The van der Waals surface area contributed by atoms with Crippen LogP contribution in [0.1, 0.15) is 25.3 Å². The van der Waals surface area contributed by atoms with Crippen LogP contribution in [0.25, 0.3) is 0 Å². The second-order valence-electron chi connectivity index (χ2n) is 8.09. The van der Waals surface area contributed by atoms with Crippen LogP contribution in [0.3, 0.4) is 0 Å². The van der Waals surface area contributed by atoms with Crippen molar-refractivity contribution in [2.45, 2.75) is 24.7 Å². The predicted octanol–water partition coefficient (Wildman–Crippen LogP) is 0.890. The highest BCUT2D eigenvalue weighted by atomic mass is 32.2. The molecule has 0 aromatic heterocycles. The molecule has 0 N–H and O–H groups in total. The lowest BCUT2D eigenvalue weighted by atomic mass is 10.0. The van der Waals surface area contributed by atoms with Gasteiger partial charge in [0.05, 0.1) is 11.4 Å². The summed E-state index contributed by atoms with van der Waals surface area (Å²) in [5.41, 5.74) is 1.12. The van der Waals surface area contributed by atoms with Crippen molar-refractivity contribution >= 4 is 15.9 Å². The van der Waals surface area contributed by atoms with E-state index in [9.17, 15) is 13.2 Å². The minimum absolute atomic E-state index is 0.0999. The normalized spacial score (nSPS) is 20.6. The van der Waals surface area contributed by atoms with Gasteiger partial charge in [-0.2, -0.15) is 4.31 Å². The quantitative estimate of drug-likeness (QED) is 0.724. The topological polar surface area (TPSA) is 64.2 Å². The van der Waals surface area contributed by atoms with Crippen LogP contribution in [0.5, 0.6) is 0 Å². The largest absolute Gasteiger partial charge is 0.339 e. The first-order valence-corrected chi connectivity index (χ1v) is 11.5. The van der Waals surface area contributed by atoms with Gasteiger partial charge in [-0.05, 0) is 30.7 Å². The Morgan fingerprint density at radius 2 is 1.50 bits per heavy atom. The van der Waals surface area contributed by atoms with Crippen LogP contribution >= 0.6 is 0 Å². The van der Waals surface area contributed by atoms with E-state index in [2.05, 4.69) is 30.7 Å². The van der Waals surface area contributed by atoms with E-state index in [-0.39, 0.29) is 5.91 Å². The molecule has 0 aliphatic carbocycles. The second kappa shape index (κ2) is 8.90. The fourth-order valence-corrected chi connectivity index (χ4v) is 5.07. The molecule has 0 bridgehead atoms. The molecule has 1 aromatic carbocycles. The van der Waals surface area contributed by atoms with Gasteiger partial charge >= 0.3 is 0 Å². The number of likely N-dealkylation sites (N-methyl/N-ethyl adjacent to an activating group) is 1. The standard InChI is InChI=1S/C20H32N4O3S/c1-17(2)18-4-6-19(7-5-18)28(26,27)24-14-12-23(13-15-24)20(25)16-22-10-8-21(3)9-11-22/h4-7,17H,8-16H2,1-3H3. The summed E-state index contributed by atoms with van der Waals surface area (Å²) in [6, 6.07) is 7.14. The Labute approximate surface area is 168 Å². The molecule has 2 saturated heterocycles. The summed E-state index contributed by atoms with van der Waals surface area (Å²) in [5.74, 6) is 0.467. The molecule has 0 saturated carbocycles. The molecule has 156 valence electrons. The number of sulfonamides is 1. The molecule has 2 aliphatic heterocycles. The zero-order valence-electron chi connectivity index (χ0n) is 17.2. The van der Waals surface area contributed by atoms with Crippen molar-refractivity contribution in [3.63, 3.8) is 0 Å². The molecule has 0 spiro atoms. The van der Waals surface area contributed by atoms with E-state index in [1.54, 1.807) is 17.0 Å². The Morgan fingerprint density at radius 3 is 2.04 bits per heavy atom. The summed E-state index contributed by atoms with van der Waals surface area (Å²) in [6.45, 7) is 9.98. The molecule has 0 unspecified atom stereocenters. The summed E-state index contributed by atoms with van der Waals surface area (Å²) in [6.07, 6.45) is 0. The van der Waals surface area contributed by atoms with Crippen LogP contribution in [0.2, 0.25) is 0 Å². The van der Waals surface area contributed by atoms with E-state index in [1.807, 2.05) is 12.1 Å². The Balaban J connectivity index is 1.54. The highest BCUT2D eigenvalue weighted by Gasteiger charge is 2.30. The van der Waals surface area contributed by atoms with E-state index >= 15 is 0 Å². The van der Waals surface area contributed by atoms with Crippen LogP contribution in [0, 0.1) is 0 Å². The molecule has 0 atom stereocenters. The Hall–Kier alpha value is -1.48. The van der Waals surface area contributed by atoms with Crippen LogP contribution in [-0.4, -0.2) is 99.3 Å². The Kier molecular flexibility index (Phi) is 6.75. The van der Waals surface area contributed by atoms with Crippen molar-refractivity contribution in [3.05, 3.63) is 29.8 Å². The van der Waals surface area contributed by atoms with Crippen molar-refractivity contribution in [2.75, 3.05) is 66.0 Å². The van der Waals surface area contributed by atoms with Gasteiger partial charge in [0.1, 0.15) is 0 Å². The van der Waals surface area contributed by atoms with E-state index < -0.39 is 10.0 Å². The van der Waals surface area contributed by atoms with Crippen LogP contribution in [0.15, 0.2) is 29.2 Å². The maximum Gasteiger partial charge on any atom is 0.243 e. The number of piperazine rings is 2. The lowest BCUT2D eigenvalue weighted by Gasteiger charge is -2.36. The molecule has 8 heteroatoms. The van der Waals surface area contributed by atoms with Crippen LogP contribution in [-0.2, 0) is 14.8 Å². The fraction of sp³-hybridized carbons (Fsp3) is 0.650. The van der Waals surface area contributed by atoms with Gasteiger partial charge in [0.2, 0.25) is 15.9 Å². The van der Waals surface area contributed by atoms with Gasteiger partial charge in [-0.3, -0.25) is 9.69 Å². The summed E-state index contributed by atoms with van der Waals surface area (Å²) in [7, 11) is -1.42. The molecule has 1 aromatic rings. The molecule has 0 radical (unpaired) electrons. The van der Waals surface area contributed by atoms with E-state index in [0.29, 0.717) is 43.5 Å². The number of rotatable bonds is 5. The minimum Gasteiger partial charge on any atom is -0.339 e. The van der Waals surface area contributed by atoms with Crippen LogP contribution in [0.4, 0.5) is 0 Å². The number of nitrogens with zero attached hydrogens (tertiary/aromatic N) is 4. The summed E-state index contributed by atoms with van der Waals surface area (Å²) >= 11 is 0. The number of carbonyl (C=O) groups excluding carboxylic acids is 1. The average molecular weight is 409 g/mol. The summed E-state index contributed by atoms with van der Waals surface area (Å²) < 4.78 is 27.3. The summed E-state index contributed by atoms with van der Waals surface area (Å²) in [5, 5.41) is 0. The fourth-order valence-electron chi connectivity index (χ4n) is 3.65. The Bertz CT molecular complexity index is 763. The first-order valence-electron chi connectivity index (χ1n) is 10.1. The Morgan fingerprint density at radius 1 is 0.929 bits per heavy atom. The van der Waals surface area contributed by atoms with E-state index in [4.69, 9.17) is 0 Å². The van der Waals surface area contributed by atoms with Gasteiger partial charge in [-0.25, -0.2) is 8.42 Å². The molecule has 7 nitrogen and oxygen atoms in total. The highest BCUT2D eigenvalue weighted by molar-refractivity contribution is 7.89. The van der Waals surface area contributed by atoms with Gasteiger partial charge in [-0.15, -0.1) is 0 Å². The number of carbonyl (C=O) groups is 1. The maximum absolute atomic E-state index is 12.9. The number of hydrogen-bond acceptors (Lipinski definition) is 5. The van der Waals surface area contributed by atoms with Crippen molar-refractivity contribution in [1.29, 1.82) is 0 Å². The molecule has 28 heavy (non-hydrogen) atoms. The monoisotopic (exact) mass is 408 g/mol. The van der Waals surface area contributed by atoms with Crippen molar-refractivity contribution < 1.29 is 13.2 Å². The molecule has 2 heterocycles. The van der Waals surface area contributed by atoms with Gasteiger partial charge < -0.3 is 9.80 Å². The molecule has 1 amide bonds. The minimum atomic E-state index is -3.51. The SMILES string of the molecule is CC(C)c1ccc(S(=O)(=O)N2CCN(C(=O)CN3CCN(C)CC3)CC2)cc1. The zero-order valence-corrected chi connectivity index (χ0v) is 18.0. The first kappa shape index (κ1) is 21.2. The maximum atomic E-state index is 12.9. The van der Waals surface area contributed by atoms with Crippen LogP contribution < -0.4 is 0 Å². The number of benzene rings is 1. The average Bonchev–Trinajstić information content (AvgIpc) is 2.70. The third-order valence-corrected chi connectivity index (χ3v) is 7.64. The molecule has 3 rings (SSSR count). The second-order valence-corrected chi connectivity index (χ2v) is 10.0.